The van der Waals surface area contributed by atoms with Gasteiger partial charge in [-0.1, -0.05) is 6.07 Å². The van der Waals surface area contributed by atoms with E-state index in [1.165, 1.54) is 0 Å². The number of rotatable bonds is 6. The van der Waals surface area contributed by atoms with Crippen LogP contribution in [-0.4, -0.2) is 51.2 Å². The summed E-state index contributed by atoms with van der Waals surface area (Å²) in [5.41, 5.74) is 1.12. The summed E-state index contributed by atoms with van der Waals surface area (Å²) in [5, 5.41) is 3.26. The van der Waals surface area contributed by atoms with E-state index in [9.17, 15) is 4.79 Å². The van der Waals surface area contributed by atoms with Gasteiger partial charge in [0.2, 0.25) is 5.91 Å². The van der Waals surface area contributed by atoms with Crippen molar-refractivity contribution in [1.29, 1.82) is 0 Å². The second kappa shape index (κ2) is 7.88. The van der Waals surface area contributed by atoms with Crippen LogP contribution in [0.1, 0.15) is 18.4 Å². The van der Waals surface area contributed by atoms with Gasteiger partial charge in [0.05, 0.1) is 14.2 Å². The van der Waals surface area contributed by atoms with Crippen LogP contribution in [0.3, 0.4) is 0 Å². The quantitative estimate of drug-likeness (QED) is 0.862. The topological polar surface area (TPSA) is 50.8 Å². The van der Waals surface area contributed by atoms with E-state index in [1.54, 1.807) is 14.2 Å². The second-order valence-corrected chi connectivity index (χ2v) is 5.16. The first-order valence-corrected chi connectivity index (χ1v) is 7.44. The highest BCUT2D eigenvalue weighted by atomic mass is 16.5. The molecule has 0 saturated carbocycles. The smallest absolute Gasteiger partial charge is 0.222 e. The van der Waals surface area contributed by atoms with Gasteiger partial charge in [0, 0.05) is 38.7 Å². The van der Waals surface area contributed by atoms with E-state index in [2.05, 4.69) is 5.32 Å². The largest absolute Gasteiger partial charge is 0.497 e. The van der Waals surface area contributed by atoms with E-state index >= 15 is 0 Å². The first kappa shape index (κ1) is 15.6. The van der Waals surface area contributed by atoms with Crippen LogP contribution in [0.4, 0.5) is 0 Å². The van der Waals surface area contributed by atoms with Crippen LogP contribution in [0.15, 0.2) is 18.2 Å². The molecule has 1 saturated heterocycles. The Bertz CT molecular complexity index is 471. The molecule has 1 aromatic rings. The van der Waals surface area contributed by atoms with Crippen LogP contribution in [0.2, 0.25) is 0 Å². The molecule has 116 valence electrons. The molecule has 21 heavy (non-hydrogen) atoms. The molecule has 1 aliphatic heterocycles. The standard InChI is InChI=1S/C16H24N2O3/c1-20-14-7-6-13(15(12-14)21-2)4-3-5-16(19)18-10-8-17-9-11-18/h6-7,12,17H,3-5,8-11H2,1-2H3. The number of amides is 1. The summed E-state index contributed by atoms with van der Waals surface area (Å²) in [6, 6.07) is 5.82. The van der Waals surface area contributed by atoms with Crippen molar-refractivity contribution >= 4 is 5.91 Å². The summed E-state index contributed by atoms with van der Waals surface area (Å²) in [4.78, 5) is 14.0. The van der Waals surface area contributed by atoms with E-state index in [-0.39, 0.29) is 5.91 Å². The molecule has 0 bridgehead atoms. The van der Waals surface area contributed by atoms with E-state index in [0.29, 0.717) is 6.42 Å². The van der Waals surface area contributed by atoms with E-state index in [1.807, 2.05) is 23.1 Å². The molecule has 2 rings (SSSR count). The van der Waals surface area contributed by atoms with Crippen molar-refractivity contribution in [3.8, 4) is 11.5 Å². The molecule has 1 aliphatic rings. The molecule has 0 aromatic heterocycles. The number of aryl methyl sites for hydroxylation is 1. The van der Waals surface area contributed by atoms with E-state index in [4.69, 9.17) is 9.47 Å². The fraction of sp³-hybridized carbons (Fsp3) is 0.562. The Morgan fingerprint density at radius 2 is 2.00 bits per heavy atom. The Kier molecular flexibility index (Phi) is 5.87. The van der Waals surface area contributed by atoms with Crippen LogP contribution in [0.25, 0.3) is 0 Å². The molecule has 1 N–H and O–H groups in total. The third kappa shape index (κ3) is 4.36. The third-order valence-electron chi connectivity index (χ3n) is 3.80. The van der Waals surface area contributed by atoms with Crippen LogP contribution in [-0.2, 0) is 11.2 Å². The van der Waals surface area contributed by atoms with Crippen molar-refractivity contribution in [3.63, 3.8) is 0 Å². The van der Waals surface area contributed by atoms with Gasteiger partial charge in [0.25, 0.3) is 0 Å². The fourth-order valence-electron chi connectivity index (χ4n) is 2.56. The molecule has 0 spiro atoms. The van der Waals surface area contributed by atoms with Gasteiger partial charge in [-0.25, -0.2) is 0 Å². The average Bonchev–Trinajstić information content (AvgIpc) is 2.55. The predicted molar refractivity (Wildman–Crippen MR) is 81.9 cm³/mol. The van der Waals surface area contributed by atoms with Crippen LogP contribution < -0.4 is 14.8 Å². The molecule has 5 heteroatoms. The number of carbonyl (C=O) groups excluding carboxylic acids is 1. The van der Waals surface area contributed by atoms with Gasteiger partial charge < -0.3 is 19.7 Å². The molecule has 1 heterocycles. The first-order chi connectivity index (χ1) is 10.2. The highest BCUT2D eigenvalue weighted by molar-refractivity contribution is 5.76. The van der Waals surface area contributed by atoms with Crippen LogP contribution in [0, 0.1) is 0 Å². The number of hydrogen-bond donors (Lipinski definition) is 1. The number of methoxy groups -OCH3 is 2. The summed E-state index contributed by atoms with van der Waals surface area (Å²) in [6.07, 6.45) is 2.27. The minimum Gasteiger partial charge on any atom is -0.497 e. The van der Waals surface area contributed by atoms with Crippen molar-refractivity contribution < 1.29 is 14.3 Å². The van der Waals surface area contributed by atoms with Gasteiger partial charge in [-0.2, -0.15) is 0 Å². The Labute approximate surface area is 126 Å². The van der Waals surface area contributed by atoms with Gasteiger partial charge in [0.1, 0.15) is 11.5 Å². The summed E-state index contributed by atoms with van der Waals surface area (Å²) in [5.74, 6) is 1.86. The number of ether oxygens (including phenoxy) is 2. The lowest BCUT2D eigenvalue weighted by Gasteiger charge is -2.27. The lowest BCUT2D eigenvalue weighted by molar-refractivity contribution is -0.131. The highest BCUT2D eigenvalue weighted by Gasteiger charge is 2.15. The SMILES string of the molecule is COc1ccc(CCCC(=O)N2CCNCC2)c(OC)c1. The highest BCUT2D eigenvalue weighted by Crippen LogP contribution is 2.25. The lowest BCUT2D eigenvalue weighted by atomic mass is 10.1. The average molecular weight is 292 g/mol. The molecule has 0 atom stereocenters. The van der Waals surface area contributed by atoms with Crippen molar-refractivity contribution in [2.45, 2.75) is 19.3 Å². The van der Waals surface area contributed by atoms with Crippen molar-refractivity contribution in [2.75, 3.05) is 40.4 Å². The molecule has 0 aliphatic carbocycles. The second-order valence-electron chi connectivity index (χ2n) is 5.16. The predicted octanol–water partition coefficient (Wildman–Crippen LogP) is 1.46. The van der Waals surface area contributed by atoms with Gasteiger partial charge in [-0.15, -0.1) is 0 Å². The minimum absolute atomic E-state index is 0.254. The van der Waals surface area contributed by atoms with Crippen molar-refractivity contribution in [1.82, 2.24) is 10.2 Å². The molecule has 1 fully saturated rings. The van der Waals surface area contributed by atoms with Gasteiger partial charge in [0.15, 0.2) is 0 Å². The zero-order chi connectivity index (χ0) is 15.1. The molecular weight excluding hydrogens is 268 g/mol. The molecule has 0 unspecified atom stereocenters. The number of hydrogen-bond acceptors (Lipinski definition) is 4. The Balaban J connectivity index is 1.83. The molecule has 1 amide bonds. The Hall–Kier alpha value is -1.75. The summed E-state index contributed by atoms with van der Waals surface area (Å²) < 4.78 is 10.6. The minimum atomic E-state index is 0.254. The molecule has 5 nitrogen and oxygen atoms in total. The van der Waals surface area contributed by atoms with E-state index < -0.39 is 0 Å². The fourth-order valence-corrected chi connectivity index (χ4v) is 2.56. The number of nitrogens with zero attached hydrogens (tertiary/aromatic N) is 1. The first-order valence-electron chi connectivity index (χ1n) is 7.44. The van der Waals surface area contributed by atoms with E-state index in [0.717, 1.165) is 56.1 Å². The zero-order valence-electron chi connectivity index (χ0n) is 12.9. The third-order valence-corrected chi connectivity index (χ3v) is 3.80. The van der Waals surface area contributed by atoms with Gasteiger partial charge >= 0.3 is 0 Å². The summed E-state index contributed by atoms with van der Waals surface area (Å²) in [7, 11) is 3.30. The number of piperazine rings is 1. The molecule has 1 aromatic carbocycles. The maximum Gasteiger partial charge on any atom is 0.222 e. The normalized spacial score (nSPS) is 14.9. The number of carbonyl (C=O) groups is 1. The monoisotopic (exact) mass is 292 g/mol. The van der Waals surface area contributed by atoms with Crippen LogP contribution >= 0.6 is 0 Å². The molecular formula is C16H24N2O3. The Morgan fingerprint density at radius 3 is 2.67 bits per heavy atom. The number of nitrogens with one attached hydrogen (secondary N) is 1. The van der Waals surface area contributed by atoms with Crippen molar-refractivity contribution in [3.05, 3.63) is 23.8 Å². The maximum atomic E-state index is 12.1. The maximum absolute atomic E-state index is 12.1. The lowest BCUT2D eigenvalue weighted by Crippen LogP contribution is -2.46. The van der Waals surface area contributed by atoms with Gasteiger partial charge in [-0.05, 0) is 24.5 Å². The summed E-state index contributed by atoms with van der Waals surface area (Å²) in [6.45, 7) is 3.45. The summed E-state index contributed by atoms with van der Waals surface area (Å²) >= 11 is 0. The van der Waals surface area contributed by atoms with Gasteiger partial charge in [-0.3, -0.25) is 4.79 Å². The molecule has 0 radical (unpaired) electrons. The Morgan fingerprint density at radius 1 is 1.24 bits per heavy atom. The zero-order valence-corrected chi connectivity index (χ0v) is 12.9. The van der Waals surface area contributed by atoms with Crippen molar-refractivity contribution in [2.24, 2.45) is 0 Å². The number of benzene rings is 1. The van der Waals surface area contributed by atoms with Crippen LogP contribution in [0.5, 0.6) is 11.5 Å².